The summed E-state index contributed by atoms with van der Waals surface area (Å²) in [6.07, 6.45) is 3.25. The second-order valence-corrected chi connectivity index (χ2v) is 8.36. The Balaban J connectivity index is 1.93. The normalized spacial score (nSPS) is 19.8. The maximum atomic E-state index is 6.14. The van der Waals surface area contributed by atoms with Crippen molar-refractivity contribution in [2.45, 2.75) is 30.9 Å². The number of thioether (sulfide) groups is 1. The van der Waals surface area contributed by atoms with Crippen molar-refractivity contribution in [3.05, 3.63) is 17.3 Å². The number of nitrogens with zero attached hydrogens (tertiary/aromatic N) is 3. The molecule has 0 aromatic carbocycles. The first-order valence-electron chi connectivity index (χ1n) is 6.50. The van der Waals surface area contributed by atoms with Gasteiger partial charge in [-0.1, -0.05) is 13.8 Å². The highest BCUT2D eigenvalue weighted by atomic mass is 35.5. The largest absolute Gasteiger partial charge is 0.354 e. The van der Waals surface area contributed by atoms with Crippen LogP contribution in [0.1, 0.15) is 26.0 Å². The molecule has 3 heterocycles. The number of fused-ring (bicyclic) bond motifs is 1. The summed E-state index contributed by atoms with van der Waals surface area (Å²) in [6, 6.07) is 0. The quantitative estimate of drug-likeness (QED) is 0.785. The number of anilines is 1. The molecule has 0 unspecified atom stereocenters. The number of hydrogen-bond donors (Lipinski definition) is 0. The van der Waals surface area contributed by atoms with Crippen molar-refractivity contribution in [1.29, 1.82) is 0 Å². The summed E-state index contributed by atoms with van der Waals surface area (Å²) in [5, 5.41) is 2.06. The molecule has 1 aliphatic heterocycles. The first kappa shape index (κ1) is 13.6. The van der Waals surface area contributed by atoms with E-state index >= 15 is 0 Å². The van der Waals surface area contributed by atoms with E-state index in [1.807, 2.05) is 0 Å². The molecular formula is C13H18ClN3S2. The van der Waals surface area contributed by atoms with E-state index in [1.165, 1.54) is 6.42 Å². The number of hydrogen-bond acceptors (Lipinski definition) is 4. The predicted molar refractivity (Wildman–Crippen MR) is 86.0 cm³/mol. The van der Waals surface area contributed by atoms with Gasteiger partial charge in [-0.3, -0.25) is 4.40 Å². The molecule has 0 spiro atoms. The van der Waals surface area contributed by atoms with E-state index in [4.69, 9.17) is 16.6 Å². The van der Waals surface area contributed by atoms with Crippen molar-refractivity contribution in [2.24, 2.45) is 0 Å². The number of halogens is 1. The van der Waals surface area contributed by atoms with E-state index in [0.717, 1.165) is 35.3 Å². The summed E-state index contributed by atoms with van der Waals surface area (Å²) in [5.41, 5.74) is 1.13. The van der Waals surface area contributed by atoms with Crippen LogP contribution in [0.25, 0.3) is 4.96 Å². The van der Waals surface area contributed by atoms with Gasteiger partial charge in [0.2, 0.25) is 0 Å². The summed E-state index contributed by atoms with van der Waals surface area (Å²) in [5.74, 6) is 2.75. The average Bonchev–Trinajstić information content (AvgIpc) is 2.88. The maximum Gasteiger partial charge on any atom is 0.195 e. The van der Waals surface area contributed by atoms with Crippen LogP contribution in [0.5, 0.6) is 0 Å². The molecule has 1 aliphatic rings. The minimum atomic E-state index is 0.368. The maximum absolute atomic E-state index is 6.14. The molecule has 0 aliphatic carbocycles. The average molecular weight is 316 g/mol. The summed E-state index contributed by atoms with van der Waals surface area (Å²) < 4.78 is 2.49. The van der Waals surface area contributed by atoms with Gasteiger partial charge in [0.15, 0.2) is 10.8 Å². The van der Waals surface area contributed by atoms with Gasteiger partial charge < -0.3 is 4.90 Å². The van der Waals surface area contributed by atoms with Crippen molar-refractivity contribution >= 4 is 45.5 Å². The Morgan fingerprint density at radius 1 is 1.42 bits per heavy atom. The number of thiazole rings is 1. The lowest BCUT2D eigenvalue weighted by molar-refractivity contribution is 0.635. The van der Waals surface area contributed by atoms with Crippen LogP contribution >= 0.6 is 34.7 Å². The van der Waals surface area contributed by atoms with Crippen LogP contribution < -0.4 is 4.90 Å². The number of alkyl halides is 1. The van der Waals surface area contributed by atoms with E-state index in [0.29, 0.717) is 10.6 Å². The summed E-state index contributed by atoms with van der Waals surface area (Å²) >= 11 is 9.86. The second-order valence-electron chi connectivity index (χ2n) is 5.42. The third-order valence-corrected chi connectivity index (χ3v) is 5.99. The Hall–Kier alpha value is -0.390. The van der Waals surface area contributed by atoms with E-state index < -0.39 is 0 Å². The Bertz CT molecular complexity index is 575. The lowest BCUT2D eigenvalue weighted by atomic mass is 10.1. The third-order valence-electron chi connectivity index (χ3n) is 3.60. The summed E-state index contributed by atoms with van der Waals surface area (Å²) in [6.45, 7) is 6.78. The third kappa shape index (κ3) is 2.60. The molecule has 3 nitrogen and oxygen atoms in total. The highest BCUT2D eigenvalue weighted by Crippen LogP contribution is 2.34. The zero-order valence-corrected chi connectivity index (χ0v) is 13.6. The molecule has 104 valence electrons. The van der Waals surface area contributed by atoms with Crippen LogP contribution in [-0.2, 0) is 5.88 Å². The Labute approximate surface area is 127 Å². The molecule has 3 rings (SSSR count). The van der Waals surface area contributed by atoms with Gasteiger partial charge in [-0.05, 0) is 6.42 Å². The molecule has 0 N–H and O–H groups in total. The first-order valence-corrected chi connectivity index (χ1v) is 8.90. The predicted octanol–water partition coefficient (Wildman–Crippen LogP) is 3.86. The number of rotatable bonds is 2. The van der Waals surface area contributed by atoms with E-state index in [9.17, 15) is 0 Å². The van der Waals surface area contributed by atoms with Crippen LogP contribution in [0, 0.1) is 0 Å². The van der Waals surface area contributed by atoms with Gasteiger partial charge in [0.05, 0.1) is 11.6 Å². The fraction of sp³-hybridized carbons (Fsp3) is 0.615. The first-order chi connectivity index (χ1) is 9.11. The van der Waals surface area contributed by atoms with Gasteiger partial charge >= 0.3 is 0 Å². The molecule has 0 bridgehead atoms. The van der Waals surface area contributed by atoms with E-state index in [2.05, 4.69) is 46.5 Å². The van der Waals surface area contributed by atoms with E-state index in [-0.39, 0.29) is 0 Å². The Kier molecular flexibility index (Phi) is 3.71. The molecular weight excluding hydrogens is 298 g/mol. The van der Waals surface area contributed by atoms with Gasteiger partial charge in [-0.25, -0.2) is 4.98 Å². The standard InChI is InChI=1S/C13H18ClN3S2/c1-13(2)3-4-16(5-8-19-13)11-10(9-14)17-6-7-18-12(17)15-11/h6-7H,3-5,8-9H2,1-2H3. The summed E-state index contributed by atoms with van der Waals surface area (Å²) in [7, 11) is 0. The smallest absolute Gasteiger partial charge is 0.195 e. The minimum Gasteiger partial charge on any atom is -0.354 e. The molecule has 0 atom stereocenters. The van der Waals surface area contributed by atoms with Crippen LogP contribution in [0.2, 0.25) is 0 Å². The van der Waals surface area contributed by atoms with Gasteiger partial charge in [0.25, 0.3) is 0 Å². The fourth-order valence-corrected chi connectivity index (χ4v) is 4.51. The number of imidazole rings is 1. The number of aromatic nitrogens is 2. The Morgan fingerprint density at radius 2 is 2.26 bits per heavy atom. The van der Waals surface area contributed by atoms with Crippen LogP contribution in [0.3, 0.4) is 0 Å². The molecule has 19 heavy (non-hydrogen) atoms. The zero-order chi connectivity index (χ0) is 13.5. The highest BCUT2D eigenvalue weighted by Gasteiger charge is 2.26. The zero-order valence-electron chi connectivity index (χ0n) is 11.2. The highest BCUT2D eigenvalue weighted by molar-refractivity contribution is 8.00. The van der Waals surface area contributed by atoms with Crippen molar-refractivity contribution in [1.82, 2.24) is 9.38 Å². The minimum absolute atomic E-state index is 0.368. The topological polar surface area (TPSA) is 20.5 Å². The summed E-state index contributed by atoms with van der Waals surface area (Å²) in [4.78, 5) is 8.22. The molecule has 2 aromatic heterocycles. The monoisotopic (exact) mass is 315 g/mol. The lowest BCUT2D eigenvalue weighted by Gasteiger charge is -2.23. The van der Waals surface area contributed by atoms with Crippen molar-refractivity contribution in [3.8, 4) is 0 Å². The molecule has 0 radical (unpaired) electrons. The van der Waals surface area contributed by atoms with Gasteiger partial charge in [-0.2, -0.15) is 11.8 Å². The van der Waals surface area contributed by atoms with Crippen LogP contribution in [0.4, 0.5) is 5.82 Å². The van der Waals surface area contributed by atoms with Crippen LogP contribution in [0.15, 0.2) is 11.6 Å². The molecule has 1 saturated heterocycles. The lowest BCUT2D eigenvalue weighted by Crippen LogP contribution is -2.28. The van der Waals surface area contributed by atoms with E-state index in [1.54, 1.807) is 11.3 Å². The SMILES string of the molecule is CC1(C)CCN(c2nc3sccn3c2CCl)CCS1. The molecule has 0 saturated carbocycles. The Morgan fingerprint density at radius 3 is 3.05 bits per heavy atom. The van der Waals surface area contributed by atoms with Crippen molar-refractivity contribution < 1.29 is 0 Å². The fourth-order valence-electron chi connectivity index (χ4n) is 2.43. The van der Waals surface area contributed by atoms with Gasteiger partial charge in [0, 0.05) is 35.2 Å². The molecule has 0 amide bonds. The second kappa shape index (κ2) is 5.19. The molecule has 6 heteroatoms. The van der Waals surface area contributed by atoms with Crippen molar-refractivity contribution in [2.75, 3.05) is 23.7 Å². The van der Waals surface area contributed by atoms with Crippen LogP contribution in [-0.4, -0.2) is 33.0 Å². The van der Waals surface area contributed by atoms with Gasteiger partial charge in [-0.15, -0.1) is 22.9 Å². The molecule has 1 fully saturated rings. The van der Waals surface area contributed by atoms with Crippen molar-refractivity contribution in [3.63, 3.8) is 0 Å². The molecule has 2 aromatic rings. The van der Waals surface area contributed by atoms with Gasteiger partial charge in [0.1, 0.15) is 0 Å².